The summed E-state index contributed by atoms with van der Waals surface area (Å²) in [7, 11) is 0. The van der Waals surface area contributed by atoms with Crippen molar-refractivity contribution in [2.75, 3.05) is 13.1 Å². The first kappa shape index (κ1) is 21.1. The molecule has 1 aliphatic heterocycles. The van der Waals surface area contributed by atoms with Crippen molar-refractivity contribution >= 4 is 18.4 Å². The number of piperidine rings is 1. The molecule has 3 aromatic rings. The number of hydrogen-bond acceptors (Lipinski definition) is 3. The highest BCUT2D eigenvalue weighted by Gasteiger charge is 2.42. The van der Waals surface area contributed by atoms with Gasteiger partial charge in [-0.25, -0.2) is 0 Å². The zero-order chi connectivity index (χ0) is 19.2. The normalized spacial score (nSPS) is 15.2. The zero-order valence-electron chi connectivity index (χ0n) is 16.3. The summed E-state index contributed by atoms with van der Waals surface area (Å²) < 4.78 is 5.77. The van der Waals surface area contributed by atoms with Gasteiger partial charge in [0.1, 0.15) is 6.61 Å². The van der Waals surface area contributed by atoms with E-state index < -0.39 is 5.41 Å². The number of rotatable bonds is 5. The molecule has 1 fully saturated rings. The molecule has 0 aromatic heterocycles. The molecule has 3 aromatic carbocycles. The van der Waals surface area contributed by atoms with Crippen LogP contribution < -0.4 is 5.32 Å². The van der Waals surface area contributed by atoms with Crippen molar-refractivity contribution in [3.05, 3.63) is 96.1 Å². The van der Waals surface area contributed by atoms with Crippen LogP contribution in [0.25, 0.3) is 11.1 Å². The molecule has 1 saturated heterocycles. The summed E-state index contributed by atoms with van der Waals surface area (Å²) in [6.45, 7) is 1.96. The molecule has 150 valence electrons. The van der Waals surface area contributed by atoms with E-state index in [9.17, 15) is 4.79 Å². The molecular weight excluding hydrogens is 382 g/mol. The van der Waals surface area contributed by atoms with Gasteiger partial charge in [-0.1, -0.05) is 84.9 Å². The molecule has 0 unspecified atom stereocenters. The smallest absolute Gasteiger partial charge is 0.316 e. The van der Waals surface area contributed by atoms with Crippen LogP contribution >= 0.6 is 12.4 Å². The first-order valence-electron chi connectivity index (χ1n) is 9.86. The Morgan fingerprint density at radius 3 is 1.97 bits per heavy atom. The molecule has 29 heavy (non-hydrogen) atoms. The lowest BCUT2D eigenvalue weighted by atomic mass is 9.73. The molecule has 4 rings (SSSR count). The number of hydrogen-bond donors (Lipinski definition) is 1. The van der Waals surface area contributed by atoms with Crippen LogP contribution in [0.1, 0.15) is 24.0 Å². The molecule has 0 atom stereocenters. The van der Waals surface area contributed by atoms with E-state index in [1.54, 1.807) is 0 Å². The molecule has 1 N–H and O–H groups in total. The maximum atomic E-state index is 13.2. The highest BCUT2D eigenvalue weighted by Crippen LogP contribution is 2.36. The number of esters is 1. The van der Waals surface area contributed by atoms with Crippen molar-refractivity contribution in [3.8, 4) is 11.1 Å². The SMILES string of the molecule is Cl.O=C(OCc1ccccc1)C1(c2ccc(-c3ccccc3)cc2)CCNCC1. The third-order valence-electron chi connectivity index (χ3n) is 5.61. The summed E-state index contributed by atoms with van der Waals surface area (Å²) in [5.41, 5.74) is 3.83. The average Bonchev–Trinajstić information content (AvgIpc) is 2.79. The van der Waals surface area contributed by atoms with Gasteiger partial charge in [0.15, 0.2) is 0 Å². The molecule has 0 radical (unpaired) electrons. The van der Waals surface area contributed by atoms with Gasteiger partial charge in [0.05, 0.1) is 5.41 Å². The van der Waals surface area contributed by atoms with E-state index in [2.05, 4.69) is 41.7 Å². The fraction of sp³-hybridized carbons (Fsp3) is 0.240. The van der Waals surface area contributed by atoms with Crippen molar-refractivity contribution in [3.63, 3.8) is 0 Å². The summed E-state index contributed by atoms with van der Waals surface area (Å²) in [4.78, 5) is 13.2. The van der Waals surface area contributed by atoms with Crippen LogP contribution in [0.3, 0.4) is 0 Å². The van der Waals surface area contributed by atoms with Gasteiger partial charge < -0.3 is 10.1 Å². The molecule has 3 nitrogen and oxygen atoms in total. The molecule has 0 bridgehead atoms. The maximum Gasteiger partial charge on any atom is 0.316 e. The third kappa shape index (κ3) is 4.69. The Morgan fingerprint density at radius 2 is 1.34 bits per heavy atom. The van der Waals surface area contributed by atoms with Crippen LogP contribution in [0.2, 0.25) is 0 Å². The van der Waals surface area contributed by atoms with Crippen LogP contribution in [-0.4, -0.2) is 19.1 Å². The van der Waals surface area contributed by atoms with E-state index in [0.717, 1.165) is 42.6 Å². The maximum absolute atomic E-state index is 13.2. The predicted molar refractivity (Wildman–Crippen MR) is 119 cm³/mol. The lowest BCUT2D eigenvalue weighted by Gasteiger charge is -2.36. The van der Waals surface area contributed by atoms with Crippen molar-refractivity contribution in [1.29, 1.82) is 0 Å². The van der Waals surface area contributed by atoms with Gasteiger partial charge >= 0.3 is 5.97 Å². The van der Waals surface area contributed by atoms with Gasteiger partial charge in [-0.15, -0.1) is 12.4 Å². The van der Waals surface area contributed by atoms with E-state index >= 15 is 0 Å². The van der Waals surface area contributed by atoms with Crippen LogP contribution in [0.5, 0.6) is 0 Å². The Labute approximate surface area is 178 Å². The van der Waals surface area contributed by atoms with Crippen molar-refractivity contribution in [2.45, 2.75) is 24.9 Å². The Balaban J connectivity index is 0.00000240. The lowest BCUT2D eigenvalue weighted by molar-refractivity contribution is -0.153. The Bertz CT molecular complexity index is 905. The molecule has 0 amide bonds. The van der Waals surface area contributed by atoms with Gasteiger partial charge in [-0.3, -0.25) is 4.79 Å². The molecule has 0 spiro atoms. The van der Waals surface area contributed by atoms with E-state index in [0.29, 0.717) is 6.61 Å². The standard InChI is InChI=1S/C25H25NO2.ClH/c27-24(28-19-20-7-3-1-4-8-20)25(15-17-26-18-16-25)23-13-11-22(12-14-23)21-9-5-2-6-10-21;/h1-14,26H,15-19H2;1H. The Kier molecular flexibility index (Phi) is 7.08. The summed E-state index contributed by atoms with van der Waals surface area (Å²) >= 11 is 0. The highest BCUT2D eigenvalue weighted by atomic mass is 35.5. The number of ether oxygens (including phenoxy) is 1. The van der Waals surface area contributed by atoms with E-state index in [1.165, 1.54) is 5.56 Å². The monoisotopic (exact) mass is 407 g/mol. The molecule has 1 aliphatic rings. The topological polar surface area (TPSA) is 38.3 Å². The van der Waals surface area contributed by atoms with Gasteiger partial charge in [0, 0.05) is 0 Å². The second kappa shape index (κ2) is 9.73. The molecular formula is C25H26ClNO2. The van der Waals surface area contributed by atoms with Gasteiger partial charge in [-0.2, -0.15) is 0 Å². The molecule has 4 heteroatoms. The minimum absolute atomic E-state index is 0. The first-order valence-corrected chi connectivity index (χ1v) is 9.86. The minimum Gasteiger partial charge on any atom is -0.460 e. The second-order valence-electron chi connectivity index (χ2n) is 7.34. The number of carbonyl (C=O) groups excluding carboxylic acids is 1. The van der Waals surface area contributed by atoms with Crippen LogP contribution in [0.4, 0.5) is 0 Å². The molecule has 1 heterocycles. The van der Waals surface area contributed by atoms with Crippen LogP contribution in [-0.2, 0) is 21.6 Å². The van der Waals surface area contributed by atoms with E-state index in [-0.39, 0.29) is 18.4 Å². The Morgan fingerprint density at radius 1 is 0.793 bits per heavy atom. The second-order valence-corrected chi connectivity index (χ2v) is 7.34. The van der Waals surface area contributed by atoms with Gasteiger partial charge in [0.2, 0.25) is 0 Å². The third-order valence-corrected chi connectivity index (χ3v) is 5.61. The zero-order valence-corrected chi connectivity index (χ0v) is 17.2. The van der Waals surface area contributed by atoms with Gasteiger partial charge in [0.25, 0.3) is 0 Å². The average molecular weight is 408 g/mol. The van der Waals surface area contributed by atoms with Crippen molar-refractivity contribution < 1.29 is 9.53 Å². The fourth-order valence-electron chi connectivity index (χ4n) is 3.94. The van der Waals surface area contributed by atoms with Crippen molar-refractivity contribution in [2.24, 2.45) is 0 Å². The Hall–Kier alpha value is -2.62. The lowest BCUT2D eigenvalue weighted by Crippen LogP contribution is -2.46. The highest BCUT2D eigenvalue weighted by molar-refractivity contribution is 5.85. The van der Waals surface area contributed by atoms with Crippen LogP contribution in [0.15, 0.2) is 84.9 Å². The minimum atomic E-state index is -0.574. The van der Waals surface area contributed by atoms with Crippen LogP contribution in [0, 0.1) is 0 Å². The quantitative estimate of drug-likeness (QED) is 0.595. The number of halogens is 1. The summed E-state index contributed by atoms with van der Waals surface area (Å²) in [6, 6.07) is 28.6. The first-order chi connectivity index (χ1) is 13.8. The van der Waals surface area contributed by atoms with E-state index in [1.807, 2.05) is 48.5 Å². The van der Waals surface area contributed by atoms with Gasteiger partial charge in [-0.05, 0) is 48.2 Å². The fourth-order valence-corrected chi connectivity index (χ4v) is 3.94. The number of carbonyl (C=O) groups is 1. The summed E-state index contributed by atoms with van der Waals surface area (Å²) in [5.74, 6) is -0.120. The summed E-state index contributed by atoms with van der Waals surface area (Å²) in [5, 5.41) is 3.37. The summed E-state index contributed by atoms with van der Waals surface area (Å²) in [6.07, 6.45) is 1.51. The van der Waals surface area contributed by atoms with Crippen molar-refractivity contribution in [1.82, 2.24) is 5.32 Å². The number of nitrogens with one attached hydrogen (secondary N) is 1. The largest absolute Gasteiger partial charge is 0.460 e. The molecule has 0 aliphatic carbocycles. The predicted octanol–water partition coefficient (Wildman–Crippen LogP) is 5.14. The van der Waals surface area contributed by atoms with E-state index in [4.69, 9.17) is 4.74 Å². The molecule has 0 saturated carbocycles. The number of benzene rings is 3.